The summed E-state index contributed by atoms with van der Waals surface area (Å²) in [6.45, 7) is 0.131. The van der Waals surface area contributed by atoms with Gasteiger partial charge in [-0.25, -0.2) is 4.79 Å². The molecule has 0 aromatic heterocycles. The summed E-state index contributed by atoms with van der Waals surface area (Å²) in [5.41, 5.74) is 0. The molecule has 0 amide bonds. The second-order valence-corrected chi connectivity index (χ2v) is 3.84. The third-order valence-corrected chi connectivity index (χ3v) is 2.18. The minimum atomic E-state index is -7.63. The van der Waals surface area contributed by atoms with E-state index >= 15 is 0 Å². The monoisotopic (exact) mass is 358 g/mol. The van der Waals surface area contributed by atoms with Gasteiger partial charge in [-0.3, -0.25) is 0 Å². The number of alkyl halides is 11. The molecule has 0 saturated heterocycles. The van der Waals surface area contributed by atoms with E-state index in [-0.39, 0.29) is 6.92 Å². The minimum Gasteiger partial charge on any atom is -0.479 e. The topological polar surface area (TPSA) is 46.5 Å². The smallest absolute Gasteiger partial charge is 0.460 e. The predicted octanol–water partition coefficient (Wildman–Crippen LogP) is 3.54. The molecule has 0 saturated carbocycles. The Morgan fingerprint density at radius 3 is 1.45 bits per heavy atom. The molecule has 0 aliphatic heterocycles. The third kappa shape index (κ3) is 3.05. The van der Waals surface area contributed by atoms with Crippen LogP contribution in [0.2, 0.25) is 0 Å². The highest BCUT2D eigenvalue weighted by molar-refractivity contribution is 5.71. The van der Waals surface area contributed by atoms with Crippen molar-refractivity contribution in [2.24, 2.45) is 0 Å². The molecule has 0 aromatic carbocycles. The fourth-order valence-electron chi connectivity index (χ4n) is 0.904. The maximum atomic E-state index is 12.8. The summed E-state index contributed by atoms with van der Waals surface area (Å²) in [5, 5.41) is 8.08. The van der Waals surface area contributed by atoms with Crippen LogP contribution in [-0.4, -0.2) is 47.2 Å². The Morgan fingerprint density at radius 1 is 0.818 bits per heavy atom. The second kappa shape index (κ2) is 5.38. The van der Waals surface area contributed by atoms with Crippen LogP contribution in [0.1, 0.15) is 6.92 Å². The van der Waals surface area contributed by atoms with E-state index in [1.54, 1.807) is 0 Å². The maximum Gasteiger partial charge on any atom is 0.460 e. The van der Waals surface area contributed by atoms with Gasteiger partial charge in [-0.15, -0.1) is 0 Å². The molecule has 14 heteroatoms. The number of halogens is 11. The Balaban J connectivity index is 5.84. The van der Waals surface area contributed by atoms with E-state index in [2.05, 4.69) is 4.74 Å². The first-order chi connectivity index (χ1) is 9.33. The van der Waals surface area contributed by atoms with E-state index in [4.69, 9.17) is 5.11 Å². The molecular weight excluding hydrogens is 353 g/mol. The molecule has 0 bridgehead atoms. The van der Waals surface area contributed by atoms with Gasteiger partial charge < -0.3 is 9.84 Å². The summed E-state index contributed by atoms with van der Waals surface area (Å²) in [6, 6.07) is 0. The Hall–Kier alpha value is -1.34. The lowest BCUT2D eigenvalue weighted by atomic mass is 10.0. The van der Waals surface area contributed by atoms with Crippen molar-refractivity contribution >= 4 is 5.97 Å². The number of carboxylic acid groups (broad SMARTS) is 1. The fraction of sp³-hybridized carbons (Fsp3) is 0.875. The van der Waals surface area contributed by atoms with Gasteiger partial charge in [-0.05, 0) is 6.92 Å². The summed E-state index contributed by atoms with van der Waals surface area (Å²) >= 11 is 0. The van der Waals surface area contributed by atoms with Gasteiger partial charge >= 0.3 is 36.0 Å². The molecule has 0 rings (SSSR count). The van der Waals surface area contributed by atoms with Crippen molar-refractivity contribution in [3.63, 3.8) is 0 Å². The van der Waals surface area contributed by atoms with Crippen molar-refractivity contribution in [1.82, 2.24) is 0 Å². The number of hydrogen-bond donors (Lipinski definition) is 1. The number of carboxylic acids is 1. The van der Waals surface area contributed by atoms with Crippen LogP contribution in [0.15, 0.2) is 0 Å². The lowest BCUT2D eigenvalue weighted by Gasteiger charge is -2.37. The first kappa shape index (κ1) is 20.7. The van der Waals surface area contributed by atoms with E-state index in [0.717, 1.165) is 0 Å². The molecule has 0 fully saturated rings. The minimum absolute atomic E-state index is 0.131. The van der Waals surface area contributed by atoms with E-state index in [1.165, 1.54) is 0 Å². The second-order valence-electron chi connectivity index (χ2n) is 3.84. The van der Waals surface area contributed by atoms with Crippen molar-refractivity contribution in [1.29, 1.82) is 0 Å². The number of ether oxygens (including phenoxy) is 1. The van der Waals surface area contributed by atoms with Gasteiger partial charge in [-0.1, -0.05) is 0 Å². The molecule has 1 unspecified atom stereocenters. The standard InChI is InChI=1S/C8H5F11O3/c1-2(3(20)21)22-8(18,19)6(13,14)4(9,10)5(11,12)7(15,16)17/h2H,1H3,(H,20,21). The highest BCUT2D eigenvalue weighted by atomic mass is 19.4. The fourth-order valence-corrected chi connectivity index (χ4v) is 0.904. The number of aliphatic carboxylic acids is 1. The van der Waals surface area contributed by atoms with Crippen LogP contribution < -0.4 is 0 Å². The highest BCUT2D eigenvalue weighted by Gasteiger charge is 2.88. The zero-order valence-electron chi connectivity index (χ0n) is 10.00. The first-order valence-electron chi connectivity index (χ1n) is 4.81. The zero-order valence-corrected chi connectivity index (χ0v) is 10.00. The van der Waals surface area contributed by atoms with Gasteiger partial charge in [0.2, 0.25) is 0 Å². The Bertz CT molecular complexity index is 428. The molecule has 0 aliphatic carbocycles. The average molecular weight is 358 g/mol. The van der Waals surface area contributed by atoms with Crippen molar-refractivity contribution in [2.45, 2.75) is 43.1 Å². The Kier molecular flexibility index (Phi) is 5.06. The van der Waals surface area contributed by atoms with Crippen LogP contribution >= 0.6 is 0 Å². The van der Waals surface area contributed by atoms with Gasteiger partial charge in [0, 0.05) is 0 Å². The van der Waals surface area contributed by atoms with E-state index < -0.39 is 42.1 Å². The average Bonchev–Trinajstić information content (AvgIpc) is 2.25. The molecule has 0 radical (unpaired) electrons. The molecule has 0 aliphatic rings. The lowest BCUT2D eigenvalue weighted by Crippen LogP contribution is -2.67. The normalized spacial score (nSPS) is 16.5. The van der Waals surface area contributed by atoms with Crippen LogP contribution in [0.5, 0.6) is 0 Å². The molecule has 0 aromatic rings. The van der Waals surface area contributed by atoms with Crippen LogP contribution in [0, 0.1) is 0 Å². The lowest BCUT2D eigenvalue weighted by molar-refractivity contribution is -0.459. The van der Waals surface area contributed by atoms with Crippen molar-refractivity contribution in [3.8, 4) is 0 Å². The van der Waals surface area contributed by atoms with Crippen molar-refractivity contribution < 1.29 is 62.9 Å². The first-order valence-corrected chi connectivity index (χ1v) is 4.81. The van der Waals surface area contributed by atoms with Crippen LogP contribution in [0.4, 0.5) is 48.3 Å². The summed E-state index contributed by atoms with van der Waals surface area (Å²) in [6.07, 6.45) is -16.8. The predicted molar refractivity (Wildman–Crippen MR) is 44.0 cm³/mol. The molecule has 0 spiro atoms. The quantitative estimate of drug-likeness (QED) is 0.739. The number of rotatable bonds is 6. The number of carbonyl (C=O) groups is 1. The maximum absolute atomic E-state index is 12.8. The molecule has 1 atom stereocenters. The van der Waals surface area contributed by atoms with Gasteiger partial charge in [0.05, 0.1) is 0 Å². The highest BCUT2D eigenvalue weighted by Crippen LogP contribution is 2.57. The van der Waals surface area contributed by atoms with E-state index in [9.17, 15) is 53.1 Å². The Morgan fingerprint density at radius 2 is 1.18 bits per heavy atom. The molecule has 132 valence electrons. The number of hydrogen-bond acceptors (Lipinski definition) is 2. The third-order valence-electron chi connectivity index (χ3n) is 2.18. The van der Waals surface area contributed by atoms with Crippen LogP contribution in [0.25, 0.3) is 0 Å². The molecule has 3 nitrogen and oxygen atoms in total. The molecular formula is C8H5F11O3. The summed E-state index contributed by atoms with van der Waals surface area (Å²) < 4.78 is 139. The van der Waals surface area contributed by atoms with Crippen molar-refractivity contribution in [2.75, 3.05) is 0 Å². The molecule has 0 heterocycles. The van der Waals surface area contributed by atoms with Crippen LogP contribution in [0.3, 0.4) is 0 Å². The molecule has 1 N–H and O–H groups in total. The zero-order chi connectivity index (χ0) is 18.4. The Labute approximate surface area is 113 Å². The van der Waals surface area contributed by atoms with Crippen molar-refractivity contribution in [3.05, 3.63) is 0 Å². The van der Waals surface area contributed by atoms with E-state index in [0.29, 0.717) is 0 Å². The van der Waals surface area contributed by atoms with E-state index in [1.807, 2.05) is 0 Å². The van der Waals surface area contributed by atoms with Gasteiger partial charge in [-0.2, -0.15) is 48.3 Å². The summed E-state index contributed by atoms with van der Waals surface area (Å²) in [4.78, 5) is 10.1. The van der Waals surface area contributed by atoms with Gasteiger partial charge in [0.1, 0.15) is 0 Å². The summed E-state index contributed by atoms with van der Waals surface area (Å²) in [5.74, 6) is -24.9. The van der Waals surface area contributed by atoms with Crippen LogP contribution in [-0.2, 0) is 9.53 Å². The molecule has 22 heavy (non-hydrogen) atoms. The van der Waals surface area contributed by atoms with Gasteiger partial charge in [0.25, 0.3) is 0 Å². The van der Waals surface area contributed by atoms with Gasteiger partial charge in [0.15, 0.2) is 6.10 Å². The SMILES string of the molecule is CC(OC(F)(F)C(F)(F)C(F)(F)C(F)(F)C(F)(F)F)C(=O)O. The summed E-state index contributed by atoms with van der Waals surface area (Å²) in [7, 11) is 0. The largest absolute Gasteiger partial charge is 0.479 e.